The SMILES string of the molecule is CSCC[C@H](NC(=O)c1cc([N+](=O)[O-])cc([N+](=O)[O-])c1)C(=O)OC(C)C. The van der Waals surface area contributed by atoms with Crippen molar-refractivity contribution < 1.29 is 24.2 Å². The van der Waals surface area contributed by atoms with Gasteiger partial charge in [0.05, 0.1) is 27.6 Å². The summed E-state index contributed by atoms with van der Waals surface area (Å²) in [4.78, 5) is 44.7. The number of rotatable bonds is 9. The lowest BCUT2D eigenvalue weighted by molar-refractivity contribution is -0.394. The first-order valence-electron chi connectivity index (χ1n) is 7.59. The van der Waals surface area contributed by atoms with Crippen LogP contribution in [-0.2, 0) is 9.53 Å². The molecule has 0 spiro atoms. The van der Waals surface area contributed by atoms with Crippen molar-refractivity contribution in [2.24, 2.45) is 0 Å². The lowest BCUT2D eigenvalue weighted by atomic mass is 10.1. The predicted molar refractivity (Wildman–Crippen MR) is 95.2 cm³/mol. The molecule has 142 valence electrons. The van der Waals surface area contributed by atoms with E-state index < -0.39 is 39.1 Å². The number of esters is 1. The number of nitrogens with one attached hydrogen (secondary N) is 1. The maximum absolute atomic E-state index is 12.4. The number of amides is 1. The molecule has 1 aromatic carbocycles. The molecule has 0 aliphatic heterocycles. The molecular formula is C15H19N3O7S. The quantitative estimate of drug-likeness (QED) is 0.388. The number of thioether (sulfide) groups is 1. The Bertz CT molecular complexity index is 676. The van der Waals surface area contributed by atoms with Crippen molar-refractivity contribution in [3.63, 3.8) is 0 Å². The second kappa shape index (κ2) is 9.70. The third kappa shape index (κ3) is 6.31. The van der Waals surface area contributed by atoms with Gasteiger partial charge in [0.15, 0.2) is 0 Å². The molecule has 0 saturated carbocycles. The Balaban J connectivity index is 3.09. The molecule has 0 aliphatic rings. The highest BCUT2D eigenvalue weighted by atomic mass is 32.2. The predicted octanol–water partition coefficient (Wildman–Crippen LogP) is 2.31. The minimum atomic E-state index is -0.962. The fraction of sp³-hybridized carbons (Fsp3) is 0.467. The maximum atomic E-state index is 12.4. The van der Waals surface area contributed by atoms with Gasteiger partial charge >= 0.3 is 5.97 Å². The lowest BCUT2D eigenvalue weighted by Gasteiger charge is -2.18. The van der Waals surface area contributed by atoms with E-state index in [0.29, 0.717) is 5.75 Å². The van der Waals surface area contributed by atoms with Gasteiger partial charge in [0.1, 0.15) is 6.04 Å². The zero-order valence-corrected chi connectivity index (χ0v) is 15.3. The highest BCUT2D eigenvalue weighted by Gasteiger charge is 2.26. The zero-order chi connectivity index (χ0) is 19.9. The largest absolute Gasteiger partial charge is 0.461 e. The molecule has 1 atom stereocenters. The van der Waals surface area contributed by atoms with Gasteiger partial charge in [0.25, 0.3) is 17.3 Å². The molecule has 0 unspecified atom stereocenters. The van der Waals surface area contributed by atoms with Crippen molar-refractivity contribution in [1.82, 2.24) is 5.32 Å². The van der Waals surface area contributed by atoms with Crippen LogP contribution in [0.5, 0.6) is 0 Å². The first kappa shape index (κ1) is 21.4. The second-order valence-corrected chi connectivity index (χ2v) is 6.53. The zero-order valence-electron chi connectivity index (χ0n) is 14.5. The molecule has 0 aliphatic carbocycles. The summed E-state index contributed by atoms with van der Waals surface area (Å²) < 4.78 is 5.09. The minimum Gasteiger partial charge on any atom is -0.461 e. The molecule has 0 fully saturated rings. The van der Waals surface area contributed by atoms with E-state index in [-0.39, 0.29) is 18.1 Å². The lowest BCUT2D eigenvalue weighted by Crippen LogP contribution is -2.43. The van der Waals surface area contributed by atoms with Gasteiger partial charge in [-0.3, -0.25) is 25.0 Å². The summed E-state index contributed by atoms with van der Waals surface area (Å²) in [6, 6.07) is 1.63. The van der Waals surface area contributed by atoms with Crippen LogP contribution in [0.1, 0.15) is 30.6 Å². The van der Waals surface area contributed by atoms with Gasteiger partial charge in [-0.05, 0) is 32.3 Å². The van der Waals surface area contributed by atoms with E-state index in [0.717, 1.165) is 18.2 Å². The van der Waals surface area contributed by atoms with E-state index in [1.165, 1.54) is 11.8 Å². The Labute approximate surface area is 153 Å². The molecule has 1 amide bonds. The topological polar surface area (TPSA) is 142 Å². The van der Waals surface area contributed by atoms with Crippen molar-refractivity contribution >= 4 is 35.0 Å². The number of nitro groups is 2. The monoisotopic (exact) mass is 385 g/mol. The van der Waals surface area contributed by atoms with Crippen molar-refractivity contribution in [2.45, 2.75) is 32.4 Å². The molecule has 1 N–H and O–H groups in total. The van der Waals surface area contributed by atoms with Gasteiger partial charge in [-0.25, -0.2) is 4.79 Å². The minimum absolute atomic E-state index is 0.280. The normalized spacial score (nSPS) is 11.7. The van der Waals surface area contributed by atoms with Crippen LogP contribution in [0.2, 0.25) is 0 Å². The van der Waals surface area contributed by atoms with Crippen LogP contribution < -0.4 is 5.32 Å². The summed E-state index contributed by atoms with van der Waals surface area (Å²) in [5, 5.41) is 24.3. The summed E-state index contributed by atoms with van der Waals surface area (Å²) >= 11 is 1.46. The molecule has 0 heterocycles. The van der Waals surface area contributed by atoms with Crippen LogP contribution in [0.15, 0.2) is 18.2 Å². The number of ether oxygens (including phenoxy) is 1. The molecule has 0 saturated heterocycles. The number of carbonyl (C=O) groups is 2. The van der Waals surface area contributed by atoms with E-state index in [2.05, 4.69) is 5.32 Å². The highest BCUT2D eigenvalue weighted by molar-refractivity contribution is 7.98. The molecule has 0 bridgehead atoms. The number of non-ortho nitro benzene ring substituents is 2. The fourth-order valence-electron chi connectivity index (χ4n) is 1.98. The van der Waals surface area contributed by atoms with Crippen LogP contribution in [0.3, 0.4) is 0 Å². The van der Waals surface area contributed by atoms with Gasteiger partial charge in [-0.15, -0.1) is 0 Å². The van der Waals surface area contributed by atoms with Crippen LogP contribution in [0.4, 0.5) is 11.4 Å². The standard InChI is InChI=1S/C15H19N3O7S/c1-9(2)25-15(20)13(4-5-26-3)16-14(19)10-6-11(17(21)22)8-12(7-10)18(23)24/h6-9,13H,4-5H2,1-3H3,(H,16,19)/t13-/m0/s1. The van der Waals surface area contributed by atoms with Gasteiger partial charge in [-0.1, -0.05) is 0 Å². The van der Waals surface area contributed by atoms with E-state index >= 15 is 0 Å². The highest BCUT2D eigenvalue weighted by Crippen LogP contribution is 2.23. The first-order valence-corrected chi connectivity index (χ1v) is 8.99. The molecular weight excluding hydrogens is 366 g/mol. The first-order chi connectivity index (χ1) is 12.1. The van der Waals surface area contributed by atoms with Crippen molar-refractivity contribution in [2.75, 3.05) is 12.0 Å². The van der Waals surface area contributed by atoms with Crippen molar-refractivity contribution in [1.29, 1.82) is 0 Å². The summed E-state index contributed by atoms with van der Waals surface area (Å²) in [7, 11) is 0. The Hall–Kier alpha value is -2.69. The van der Waals surface area contributed by atoms with Crippen LogP contribution in [0, 0.1) is 20.2 Å². The summed E-state index contributed by atoms with van der Waals surface area (Å²) in [6.45, 7) is 3.32. The van der Waals surface area contributed by atoms with Gasteiger partial charge in [0, 0.05) is 12.1 Å². The summed E-state index contributed by atoms with van der Waals surface area (Å²) in [5.41, 5.74) is -1.46. The Kier molecular flexibility index (Phi) is 7.97. The third-order valence-electron chi connectivity index (χ3n) is 3.14. The number of carbonyl (C=O) groups excluding carboxylic acids is 2. The molecule has 1 aromatic rings. The fourth-order valence-corrected chi connectivity index (χ4v) is 2.45. The molecule has 1 rings (SSSR count). The van der Waals surface area contributed by atoms with E-state index in [9.17, 15) is 29.8 Å². The second-order valence-electron chi connectivity index (χ2n) is 5.55. The Morgan fingerprint density at radius 3 is 2.12 bits per heavy atom. The smallest absolute Gasteiger partial charge is 0.328 e. The van der Waals surface area contributed by atoms with Crippen LogP contribution in [0.25, 0.3) is 0 Å². The Morgan fingerprint density at radius 1 is 1.15 bits per heavy atom. The molecule has 0 aromatic heterocycles. The van der Waals surface area contributed by atoms with E-state index in [4.69, 9.17) is 4.74 Å². The van der Waals surface area contributed by atoms with Gasteiger partial charge < -0.3 is 10.1 Å². The summed E-state index contributed by atoms with van der Waals surface area (Å²) in [6.07, 6.45) is 1.74. The number of nitrogens with zero attached hydrogens (tertiary/aromatic N) is 2. The molecule has 0 radical (unpaired) electrons. The van der Waals surface area contributed by atoms with Gasteiger partial charge in [-0.2, -0.15) is 11.8 Å². The van der Waals surface area contributed by atoms with Crippen molar-refractivity contribution in [3.05, 3.63) is 44.0 Å². The number of hydrogen-bond acceptors (Lipinski definition) is 8. The third-order valence-corrected chi connectivity index (χ3v) is 3.78. The molecule has 26 heavy (non-hydrogen) atoms. The number of benzene rings is 1. The molecule has 11 heteroatoms. The van der Waals surface area contributed by atoms with E-state index in [1.54, 1.807) is 13.8 Å². The number of hydrogen-bond donors (Lipinski definition) is 1. The number of nitro benzene ring substituents is 2. The van der Waals surface area contributed by atoms with Crippen LogP contribution >= 0.6 is 11.8 Å². The maximum Gasteiger partial charge on any atom is 0.328 e. The average Bonchev–Trinajstić information content (AvgIpc) is 2.57. The molecule has 10 nitrogen and oxygen atoms in total. The van der Waals surface area contributed by atoms with Gasteiger partial charge in [0.2, 0.25) is 0 Å². The summed E-state index contributed by atoms with van der Waals surface area (Å²) in [5.74, 6) is -0.904. The average molecular weight is 385 g/mol. The van der Waals surface area contributed by atoms with Crippen LogP contribution in [-0.4, -0.2) is 45.9 Å². The van der Waals surface area contributed by atoms with E-state index in [1.807, 2.05) is 6.26 Å². The van der Waals surface area contributed by atoms with Crippen molar-refractivity contribution in [3.8, 4) is 0 Å². The Morgan fingerprint density at radius 2 is 1.69 bits per heavy atom.